The highest BCUT2D eigenvalue weighted by Gasteiger charge is 2.20. The highest BCUT2D eigenvalue weighted by atomic mass is 79.9. The molecule has 1 saturated carbocycles. The molecule has 0 amide bonds. The van der Waals surface area contributed by atoms with Gasteiger partial charge in [0.25, 0.3) is 0 Å². The van der Waals surface area contributed by atoms with E-state index in [2.05, 4.69) is 31.4 Å². The standard InChI is InChI=1S/C13H14BrN3O/c14-11-4-2-1-3-10(11)13-16-12(18-17-13)8-15-7-9-5-6-9/h1-4,9,15H,5-8H2. The summed E-state index contributed by atoms with van der Waals surface area (Å²) in [5.41, 5.74) is 0.953. The van der Waals surface area contributed by atoms with E-state index in [0.717, 1.165) is 22.5 Å². The fourth-order valence-corrected chi connectivity index (χ4v) is 2.25. The molecule has 0 saturated heterocycles. The lowest BCUT2D eigenvalue weighted by atomic mass is 10.2. The summed E-state index contributed by atoms with van der Waals surface area (Å²) in [5, 5.41) is 7.34. The fourth-order valence-electron chi connectivity index (χ4n) is 1.78. The lowest BCUT2D eigenvalue weighted by molar-refractivity contribution is 0.367. The van der Waals surface area contributed by atoms with Crippen LogP contribution in [0.2, 0.25) is 0 Å². The second-order valence-corrected chi connectivity index (χ2v) is 5.42. The van der Waals surface area contributed by atoms with Gasteiger partial charge in [-0.3, -0.25) is 0 Å². The molecule has 1 aliphatic rings. The first-order valence-corrected chi connectivity index (χ1v) is 6.90. The van der Waals surface area contributed by atoms with Gasteiger partial charge in [-0.05, 0) is 37.4 Å². The zero-order valence-electron chi connectivity index (χ0n) is 9.90. The van der Waals surface area contributed by atoms with E-state index in [1.807, 2.05) is 24.3 Å². The lowest BCUT2D eigenvalue weighted by Gasteiger charge is -1.98. The van der Waals surface area contributed by atoms with Gasteiger partial charge in [0, 0.05) is 10.0 Å². The van der Waals surface area contributed by atoms with E-state index < -0.39 is 0 Å². The van der Waals surface area contributed by atoms with Crippen LogP contribution in [0.15, 0.2) is 33.3 Å². The molecule has 1 aromatic heterocycles. The van der Waals surface area contributed by atoms with Gasteiger partial charge >= 0.3 is 0 Å². The quantitative estimate of drug-likeness (QED) is 0.922. The van der Waals surface area contributed by atoms with Crippen molar-refractivity contribution in [1.82, 2.24) is 15.5 Å². The topological polar surface area (TPSA) is 51.0 Å². The molecule has 0 bridgehead atoms. The first kappa shape index (κ1) is 11.9. The first-order valence-electron chi connectivity index (χ1n) is 6.11. The van der Waals surface area contributed by atoms with Gasteiger partial charge in [-0.15, -0.1) is 0 Å². The van der Waals surface area contributed by atoms with Gasteiger partial charge in [0.2, 0.25) is 11.7 Å². The van der Waals surface area contributed by atoms with E-state index in [1.54, 1.807) is 0 Å². The van der Waals surface area contributed by atoms with E-state index >= 15 is 0 Å². The molecule has 94 valence electrons. The van der Waals surface area contributed by atoms with E-state index in [0.29, 0.717) is 18.3 Å². The van der Waals surface area contributed by atoms with E-state index in [4.69, 9.17) is 4.52 Å². The Morgan fingerprint density at radius 3 is 2.94 bits per heavy atom. The molecule has 1 fully saturated rings. The number of hydrogen-bond acceptors (Lipinski definition) is 4. The van der Waals surface area contributed by atoms with E-state index in [9.17, 15) is 0 Å². The minimum Gasteiger partial charge on any atom is -0.338 e. The normalized spacial score (nSPS) is 14.9. The monoisotopic (exact) mass is 307 g/mol. The molecule has 0 spiro atoms. The number of rotatable bonds is 5. The summed E-state index contributed by atoms with van der Waals surface area (Å²) in [4.78, 5) is 4.39. The smallest absolute Gasteiger partial charge is 0.240 e. The molecule has 1 N–H and O–H groups in total. The van der Waals surface area contributed by atoms with Gasteiger partial charge in [0.1, 0.15) is 0 Å². The molecule has 2 aromatic rings. The number of benzene rings is 1. The molecule has 5 heteroatoms. The largest absolute Gasteiger partial charge is 0.338 e. The van der Waals surface area contributed by atoms with Crippen LogP contribution in [0.1, 0.15) is 18.7 Å². The second-order valence-electron chi connectivity index (χ2n) is 4.57. The third-order valence-electron chi connectivity index (χ3n) is 2.99. The van der Waals surface area contributed by atoms with Gasteiger partial charge in [-0.1, -0.05) is 33.2 Å². The molecule has 0 atom stereocenters. The van der Waals surface area contributed by atoms with Crippen molar-refractivity contribution >= 4 is 15.9 Å². The minimum absolute atomic E-state index is 0.630. The van der Waals surface area contributed by atoms with Crippen LogP contribution in [-0.4, -0.2) is 16.7 Å². The van der Waals surface area contributed by atoms with E-state index in [-0.39, 0.29) is 0 Å². The molecule has 0 unspecified atom stereocenters. The SMILES string of the molecule is Brc1ccccc1-c1noc(CNCC2CC2)n1. The Kier molecular flexibility index (Phi) is 3.43. The number of halogens is 1. The van der Waals surface area contributed by atoms with Crippen molar-refractivity contribution in [3.8, 4) is 11.4 Å². The summed E-state index contributed by atoms with van der Waals surface area (Å²) >= 11 is 3.48. The highest BCUT2D eigenvalue weighted by molar-refractivity contribution is 9.10. The van der Waals surface area contributed by atoms with Crippen molar-refractivity contribution in [3.05, 3.63) is 34.6 Å². The van der Waals surface area contributed by atoms with Crippen LogP contribution in [0.3, 0.4) is 0 Å². The molecule has 3 rings (SSSR count). The van der Waals surface area contributed by atoms with Crippen LogP contribution in [0.5, 0.6) is 0 Å². The highest BCUT2D eigenvalue weighted by Crippen LogP contribution is 2.28. The molecule has 18 heavy (non-hydrogen) atoms. The summed E-state index contributed by atoms with van der Waals surface area (Å²) in [6.45, 7) is 1.70. The Bertz CT molecular complexity index is 537. The van der Waals surface area contributed by atoms with Crippen molar-refractivity contribution < 1.29 is 4.52 Å². The summed E-state index contributed by atoms with van der Waals surface area (Å²) in [7, 11) is 0. The molecular weight excluding hydrogens is 294 g/mol. The maximum atomic E-state index is 5.23. The minimum atomic E-state index is 0.630. The lowest BCUT2D eigenvalue weighted by Crippen LogP contribution is -2.16. The predicted octanol–water partition coefficient (Wildman–Crippen LogP) is 3.00. The Morgan fingerprint density at radius 1 is 1.33 bits per heavy atom. The molecule has 4 nitrogen and oxygen atoms in total. The average molecular weight is 308 g/mol. The molecular formula is C13H14BrN3O. The molecule has 1 aliphatic carbocycles. The third-order valence-corrected chi connectivity index (χ3v) is 3.68. The van der Waals surface area contributed by atoms with Crippen LogP contribution < -0.4 is 5.32 Å². The zero-order valence-corrected chi connectivity index (χ0v) is 11.5. The summed E-state index contributed by atoms with van der Waals surface area (Å²) in [6.07, 6.45) is 2.69. The van der Waals surface area contributed by atoms with Crippen molar-refractivity contribution in [2.24, 2.45) is 5.92 Å². The molecule has 0 radical (unpaired) electrons. The predicted molar refractivity (Wildman–Crippen MR) is 71.9 cm³/mol. The Hall–Kier alpha value is -1.20. The maximum Gasteiger partial charge on any atom is 0.240 e. The molecule has 1 heterocycles. The fraction of sp³-hybridized carbons (Fsp3) is 0.385. The number of hydrogen-bond donors (Lipinski definition) is 1. The van der Waals surface area contributed by atoms with E-state index in [1.165, 1.54) is 12.8 Å². The number of nitrogens with zero attached hydrogens (tertiary/aromatic N) is 2. The van der Waals surface area contributed by atoms with Gasteiger partial charge in [0.05, 0.1) is 6.54 Å². The van der Waals surface area contributed by atoms with Crippen LogP contribution in [-0.2, 0) is 6.54 Å². The zero-order chi connectivity index (χ0) is 12.4. The van der Waals surface area contributed by atoms with Crippen LogP contribution in [0.25, 0.3) is 11.4 Å². The first-order chi connectivity index (χ1) is 8.83. The van der Waals surface area contributed by atoms with Crippen LogP contribution >= 0.6 is 15.9 Å². The molecule has 1 aromatic carbocycles. The number of nitrogens with one attached hydrogen (secondary N) is 1. The summed E-state index contributed by atoms with van der Waals surface area (Å²) in [5.74, 6) is 2.13. The molecule has 0 aliphatic heterocycles. The van der Waals surface area contributed by atoms with Crippen molar-refractivity contribution in [2.75, 3.05) is 6.54 Å². The third kappa shape index (κ3) is 2.79. The Morgan fingerprint density at radius 2 is 2.17 bits per heavy atom. The van der Waals surface area contributed by atoms with Crippen LogP contribution in [0, 0.1) is 5.92 Å². The van der Waals surface area contributed by atoms with Gasteiger partial charge in [-0.25, -0.2) is 0 Å². The maximum absolute atomic E-state index is 5.23. The van der Waals surface area contributed by atoms with Crippen LogP contribution in [0.4, 0.5) is 0 Å². The Balaban J connectivity index is 1.66. The van der Waals surface area contributed by atoms with Crippen molar-refractivity contribution in [1.29, 1.82) is 0 Å². The summed E-state index contributed by atoms with van der Waals surface area (Å²) in [6, 6.07) is 7.86. The van der Waals surface area contributed by atoms with Gasteiger partial charge in [0.15, 0.2) is 0 Å². The van der Waals surface area contributed by atoms with Gasteiger partial charge in [-0.2, -0.15) is 4.98 Å². The van der Waals surface area contributed by atoms with Gasteiger partial charge < -0.3 is 9.84 Å². The Labute approximate surface area is 114 Å². The van der Waals surface area contributed by atoms with Crippen molar-refractivity contribution in [3.63, 3.8) is 0 Å². The second kappa shape index (κ2) is 5.20. The number of aromatic nitrogens is 2. The summed E-state index contributed by atoms with van der Waals surface area (Å²) < 4.78 is 6.21. The average Bonchev–Trinajstić information content (AvgIpc) is 3.08. The van der Waals surface area contributed by atoms with Crippen molar-refractivity contribution in [2.45, 2.75) is 19.4 Å².